The summed E-state index contributed by atoms with van der Waals surface area (Å²) in [7, 11) is 0. The van der Waals surface area contributed by atoms with E-state index >= 15 is 0 Å². The van der Waals surface area contributed by atoms with Gasteiger partial charge in [0.1, 0.15) is 58.0 Å². The fourth-order valence-electron chi connectivity index (χ4n) is 7.59. The van der Waals surface area contributed by atoms with Crippen molar-refractivity contribution in [2.24, 2.45) is 0 Å². The summed E-state index contributed by atoms with van der Waals surface area (Å²) >= 11 is 12.0. The fourth-order valence-corrected chi connectivity index (χ4v) is 7.91. The van der Waals surface area contributed by atoms with Crippen LogP contribution >= 0.6 is 23.2 Å². The average Bonchev–Trinajstić information content (AvgIpc) is 3.83. The summed E-state index contributed by atoms with van der Waals surface area (Å²) in [4.78, 5) is 31.2. The molecule has 0 aliphatic carbocycles. The standard InChI is InChI=1S/C26H27ClFN7O.C16H18ClFN4O/c1-16-10-17(12-30-24(16)34-13-20(27)31-15-34)11-21-32-23(29-8-9-36)22-25(33-21)35(14-26(22,2)3)19-6-4-18(28)5-7-19;1-16(2)9-22(11-5-3-10(18)4-6-11)14-12(16)13(19-7-8-23)20-15(17)21-14/h4-7,10,12-13,15,36H,8-9,11,14H2,1-3H3,(H,29,32,33);3-6,23H,7-9H2,1-2H3,(H,19,20,21). The molecule has 0 radical (unpaired) electrons. The number of imidazole rings is 1. The highest BCUT2D eigenvalue weighted by molar-refractivity contribution is 6.29. The molecule has 0 amide bonds. The zero-order valence-corrected chi connectivity index (χ0v) is 34.8. The molecule has 2 aromatic carbocycles. The lowest BCUT2D eigenvalue weighted by atomic mass is 9.88. The molecule has 0 saturated carbocycles. The minimum atomic E-state index is -0.282. The van der Waals surface area contributed by atoms with Crippen molar-refractivity contribution < 1.29 is 19.0 Å². The van der Waals surface area contributed by atoms with E-state index in [4.69, 9.17) is 38.3 Å². The Balaban J connectivity index is 0.000000198. The highest BCUT2D eigenvalue weighted by atomic mass is 35.5. The van der Waals surface area contributed by atoms with Gasteiger partial charge in [-0.05, 0) is 78.2 Å². The number of aryl methyl sites for hydroxylation is 1. The van der Waals surface area contributed by atoms with Crippen molar-refractivity contribution in [2.75, 3.05) is 59.8 Å². The van der Waals surface area contributed by atoms with Gasteiger partial charge >= 0.3 is 0 Å². The first-order valence-electron chi connectivity index (χ1n) is 19.1. The van der Waals surface area contributed by atoms with Crippen LogP contribution in [-0.2, 0) is 17.3 Å². The molecule has 4 aromatic heterocycles. The predicted octanol–water partition coefficient (Wildman–Crippen LogP) is 7.69. The lowest BCUT2D eigenvalue weighted by Gasteiger charge is -2.22. The van der Waals surface area contributed by atoms with E-state index in [1.54, 1.807) is 47.6 Å². The number of nitrogens with one attached hydrogen (secondary N) is 2. The number of aliphatic hydroxyl groups excluding tert-OH is 2. The highest BCUT2D eigenvalue weighted by Crippen LogP contribution is 2.48. The van der Waals surface area contributed by atoms with E-state index < -0.39 is 0 Å². The second-order valence-corrected chi connectivity index (χ2v) is 16.4. The van der Waals surface area contributed by atoms with Crippen LogP contribution in [0.25, 0.3) is 5.82 Å². The number of aliphatic hydroxyl groups is 2. The number of benzene rings is 2. The van der Waals surface area contributed by atoms with Crippen molar-refractivity contribution in [1.82, 2.24) is 34.5 Å². The molecular formula is C42H45Cl2F2N11O2. The third-order valence-electron chi connectivity index (χ3n) is 10.1. The van der Waals surface area contributed by atoms with Crippen molar-refractivity contribution in [2.45, 2.75) is 51.9 Å². The van der Waals surface area contributed by atoms with Gasteiger partial charge in [0.05, 0.1) is 13.2 Å². The second-order valence-electron chi connectivity index (χ2n) is 15.7. The smallest absolute Gasteiger partial charge is 0.226 e. The summed E-state index contributed by atoms with van der Waals surface area (Å²) in [6, 6.07) is 14.8. The number of pyridine rings is 1. The van der Waals surface area contributed by atoms with Gasteiger partial charge in [-0.25, -0.2) is 33.7 Å². The Morgan fingerprint density at radius 3 is 1.73 bits per heavy atom. The lowest BCUT2D eigenvalue weighted by Crippen LogP contribution is -2.25. The number of fused-ring (bicyclic) bond motifs is 2. The summed E-state index contributed by atoms with van der Waals surface area (Å²) in [5.74, 6) is 3.64. The molecule has 0 fully saturated rings. The van der Waals surface area contributed by atoms with Crippen LogP contribution in [0.4, 0.5) is 43.4 Å². The van der Waals surface area contributed by atoms with Crippen LogP contribution in [-0.4, -0.2) is 84.1 Å². The summed E-state index contributed by atoms with van der Waals surface area (Å²) in [5, 5.41) is 25.4. The maximum atomic E-state index is 13.6. The lowest BCUT2D eigenvalue weighted by molar-refractivity contribution is 0.310. The molecule has 4 N–H and O–H groups in total. The number of anilines is 6. The predicted molar refractivity (Wildman–Crippen MR) is 227 cm³/mol. The normalized spacial score (nSPS) is 14.8. The van der Waals surface area contributed by atoms with Crippen LogP contribution in [0.2, 0.25) is 10.4 Å². The van der Waals surface area contributed by atoms with Gasteiger partial charge in [0, 0.05) is 78.3 Å². The molecule has 13 nitrogen and oxygen atoms in total. The van der Waals surface area contributed by atoms with Gasteiger partial charge in [-0.1, -0.05) is 45.4 Å². The maximum Gasteiger partial charge on any atom is 0.226 e. The van der Waals surface area contributed by atoms with Gasteiger partial charge < -0.3 is 30.6 Å². The summed E-state index contributed by atoms with van der Waals surface area (Å²) in [5.41, 5.74) is 5.09. The number of aromatic nitrogens is 7. The molecule has 0 atom stereocenters. The van der Waals surface area contributed by atoms with Crippen LogP contribution in [0, 0.1) is 18.6 Å². The van der Waals surface area contributed by atoms with Crippen molar-refractivity contribution in [1.29, 1.82) is 0 Å². The molecule has 6 heterocycles. The van der Waals surface area contributed by atoms with E-state index in [1.165, 1.54) is 24.3 Å². The van der Waals surface area contributed by atoms with E-state index in [1.807, 2.05) is 11.8 Å². The molecule has 0 bridgehead atoms. The molecule has 0 saturated heterocycles. The zero-order valence-electron chi connectivity index (χ0n) is 33.3. The van der Waals surface area contributed by atoms with Crippen molar-refractivity contribution in [3.05, 3.63) is 123 Å². The fraction of sp³-hybridized carbons (Fsp3) is 0.333. The Morgan fingerprint density at radius 2 is 1.24 bits per heavy atom. The van der Waals surface area contributed by atoms with Crippen molar-refractivity contribution in [3.63, 3.8) is 0 Å². The van der Waals surface area contributed by atoms with Gasteiger partial charge in [0.2, 0.25) is 5.28 Å². The Morgan fingerprint density at radius 1 is 0.712 bits per heavy atom. The van der Waals surface area contributed by atoms with Gasteiger partial charge in [0.25, 0.3) is 0 Å². The number of halogens is 4. The molecule has 8 rings (SSSR count). The SMILES string of the molecule is CC1(C)CN(c2ccc(F)cc2)c2nc(Cl)nc(NCCO)c21.Cc1cc(Cc2nc(NCCO)c3c(n2)N(c2ccc(F)cc2)CC3(C)C)cnc1-n1cnc(Cl)c1. The minimum Gasteiger partial charge on any atom is -0.395 e. The highest BCUT2D eigenvalue weighted by Gasteiger charge is 2.42. The van der Waals surface area contributed by atoms with Crippen LogP contribution in [0.1, 0.15) is 55.8 Å². The van der Waals surface area contributed by atoms with E-state index in [0.29, 0.717) is 61.0 Å². The maximum absolute atomic E-state index is 13.6. The molecule has 2 aliphatic rings. The molecule has 308 valence electrons. The van der Waals surface area contributed by atoms with Crippen molar-refractivity contribution in [3.8, 4) is 5.82 Å². The Kier molecular flexibility index (Phi) is 12.0. The topological polar surface area (TPSA) is 153 Å². The third kappa shape index (κ3) is 8.93. The number of rotatable bonds is 11. The molecule has 0 spiro atoms. The number of hydrogen-bond donors (Lipinski definition) is 4. The number of nitrogens with zero attached hydrogens (tertiary/aromatic N) is 9. The average molecular weight is 845 g/mol. The van der Waals surface area contributed by atoms with Crippen LogP contribution in [0.3, 0.4) is 0 Å². The summed E-state index contributed by atoms with van der Waals surface area (Å²) in [6.07, 6.45) is 5.61. The van der Waals surface area contributed by atoms with Gasteiger partial charge in [0.15, 0.2) is 0 Å². The van der Waals surface area contributed by atoms with E-state index in [9.17, 15) is 13.9 Å². The van der Waals surface area contributed by atoms with Crippen LogP contribution in [0.5, 0.6) is 0 Å². The molecule has 59 heavy (non-hydrogen) atoms. The molecule has 6 aromatic rings. The number of hydrogen-bond acceptors (Lipinski definition) is 12. The van der Waals surface area contributed by atoms with Gasteiger partial charge in [-0.2, -0.15) is 4.98 Å². The van der Waals surface area contributed by atoms with E-state index in [-0.39, 0.29) is 41.0 Å². The van der Waals surface area contributed by atoms with Gasteiger partial charge in [-0.3, -0.25) is 4.57 Å². The van der Waals surface area contributed by atoms with Crippen LogP contribution in [0.15, 0.2) is 73.3 Å². The monoisotopic (exact) mass is 843 g/mol. The molecule has 17 heteroatoms. The van der Waals surface area contributed by atoms with Gasteiger partial charge in [-0.15, -0.1) is 0 Å². The summed E-state index contributed by atoms with van der Waals surface area (Å²) < 4.78 is 28.6. The molecular weight excluding hydrogens is 799 g/mol. The molecule has 2 aliphatic heterocycles. The largest absolute Gasteiger partial charge is 0.395 e. The zero-order chi connectivity index (χ0) is 42.1. The van der Waals surface area contributed by atoms with Crippen LogP contribution < -0.4 is 20.4 Å². The van der Waals surface area contributed by atoms with E-state index in [2.05, 4.69) is 69.2 Å². The molecule has 0 unspecified atom stereocenters. The summed E-state index contributed by atoms with van der Waals surface area (Å²) in [6.45, 7) is 12.5. The minimum absolute atomic E-state index is 0.00149. The Bertz CT molecular complexity index is 2450. The second kappa shape index (κ2) is 17.0. The Hall–Kier alpha value is -5.48. The first kappa shape index (κ1) is 41.7. The first-order valence-corrected chi connectivity index (χ1v) is 19.8. The first-order chi connectivity index (χ1) is 28.2. The third-order valence-corrected chi connectivity index (χ3v) is 10.5. The van der Waals surface area contributed by atoms with Crippen molar-refractivity contribution >= 4 is 57.8 Å². The quantitative estimate of drug-likeness (QED) is 0.0947. The van der Waals surface area contributed by atoms with E-state index in [0.717, 1.165) is 45.3 Å². The Labute approximate surface area is 351 Å².